The average Bonchev–Trinajstić information content (AvgIpc) is 2.80. The molecule has 5 N–H and O–H groups in total. The maximum Gasteiger partial charge on any atom is 0.199 e. The minimum Gasteiger partial charge on any atom is -0.394 e. The van der Waals surface area contributed by atoms with Gasteiger partial charge in [0.1, 0.15) is 29.7 Å². The molecule has 0 amide bonds. The van der Waals surface area contributed by atoms with Crippen molar-refractivity contribution in [3.05, 3.63) is 28.8 Å². The zero-order valence-corrected chi connectivity index (χ0v) is 11.8. The Bertz CT molecular complexity index is 860. The van der Waals surface area contributed by atoms with Crippen LogP contribution in [-0.4, -0.2) is 54.3 Å². The average molecular weight is 318 g/mol. The summed E-state index contributed by atoms with van der Waals surface area (Å²) in [6, 6.07) is 1.20. The number of hydrogen-bond donors (Lipinski definition) is 4. The molecule has 2 aromatic heterocycles. The van der Waals surface area contributed by atoms with Crippen molar-refractivity contribution in [3.63, 3.8) is 0 Å². The smallest absolute Gasteiger partial charge is 0.199 e. The first-order valence-electron chi connectivity index (χ1n) is 6.70. The van der Waals surface area contributed by atoms with Crippen LogP contribution in [0.5, 0.6) is 0 Å². The second kappa shape index (κ2) is 5.29. The lowest BCUT2D eigenvalue weighted by Gasteiger charge is -2.27. The van der Waals surface area contributed by atoms with Gasteiger partial charge in [-0.15, -0.1) is 6.42 Å². The third kappa shape index (κ3) is 2.08. The lowest BCUT2D eigenvalue weighted by atomic mass is 9.95. The molecule has 0 aliphatic carbocycles. The molecule has 0 saturated carbocycles. The van der Waals surface area contributed by atoms with E-state index >= 15 is 0 Å². The SMILES string of the molecule is C#C[C@@]1(O)[C@H](O)[C@@H](CO)O[C@H]1n1ccc(=O)c2c(N)ncnc21. The van der Waals surface area contributed by atoms with Crippen LogP contribution < -0.4 is 11.2 Å². The summed E-state index contributed by atoms with van der Waals surface area (Å²) in [5.41, 5.74) is 3.28. The van der Waals surface area contributed by atoms with Crippen molar-refractivity contribution in [2.24, 2.45) is 0 Å². The Hall–Kier alpha value is -2.51. The van der Waals surface area contributed by atoms with E-state index < -0.39 is 36.1 Å². The van der Waals surface area contributed by atoms with Gasteiger partial charge in [0, 0.05) is 12.3 Å². The summed E-state index contributed by atoms with van der Waals surface area (Å²) < 4.78 is 6.76. The normalized spacial score (nSPS) is 30.4. The number of hydrogen-bond acceptors (Lipinski definition) is 8. The second-order valence-corrected chi connectivity index (χ2v) is 5.17. The first-order chi connectivity index (χ1) is 10.9. The van der Waals surface area contributed by atoms with Gasteiger partial charge in [-0.3, -0.25) is 4.79 Å². The molecule has 23 heavy (non-hydrogen) atoms. The number of aliphatic hydroxyl groups is 3. The molecule has 9 nitrogen and oxygen atoms in total. The summed E-state index contributed by atoms with van der Waals surface area (Å²) in [4.78, 5) is 19.7. The molecule has 2 aromatic rings. The number of rotatable bonds is 2. The first kappa shape index (κ1) is 15.4. The van der Waals surface area contributed by atoms with E-state index in [1.807, 2.05) is 0 Å². The number of fused-ring (bicyclic) bond motifs is 1. The molecule has 9 heteroatoms. The number of aromatic nitrogens is 3. The van der Waals surface area contributed by atoms with Gasteiger partial charge in [-0.05, 0) is 0 Å². The number of pyridine rings is 1. The molecule has 0 unspecified atom stereocenters. The van der Waals surface area contributed by atoms with Crippen LogP contribution in [0.1, 0.15) is 6.23 Å². The molecule has 1 fully saturated rings. The number of nitrogens with zero attached hydrogens (tertiary/aromatic N) is 3. The Morgan fingerprint density at radius 3 is 2.91 bits per heavy atom. The fourth-order valence-electron chi connectivity index (χ4n) is 2.66. The van der Waals surface area contributed by atoms with Crippen molar-refractivity contribution < 1.29 is 20.1 Å². The molecule has 3 rings (SSSR count). The Morgan fingerprint density at radius 2 is 2.26 bits per heavy atom. The highest BCUT2D eigenvalue weighted by molar-refractivity contribution is 5.84. The molecular weight excluding hydrogens is 304 g/mol. The van der Waals surface area contributed by atoms with Crippen molar-refractivity contribution in [3.8, 4) is 12.3 Å². The molecule has 0 bridgehead atoms. The van der Waals surface area contributed by atoms with E-state index in [0.717, 1.165) is 6.33 Å². The summed E-state index contributed by atoms with van der Waals surface area (Å²) in [7, 11) is 0. The minimum atomic E-state index is -2.12. The highest BCUT2D eigenvalue weighted by Crippen LogP contribution is 2.39. The van der Waals surface area contributed by atoms with Gasteiger partial charge in [-0.2, -0.15) is 0 Å². The van der Waals surface area contributed by atoms with Gasteiger partial charge in [-0.1, -0.05) is 5.92 Å². The Kier molecular flexibility index (Phi) is 3.54. The van der Waals surface area contributed by atoms with Gasteiger partial charge >= 0.3 is 0 Å². The predicted molar refractivity (Wildman–Crippen MR) is 79.0 cm³/mol. The summed E-state index contributed by atoms with van der Waals surface area (Å²) in [6.07, 6.45) is 3.95. The summed E-state index contributed by atoms with van der Waals surface area (Å²) in [5.74, 6) is 2.06. The van der Waals surface area contributed by atoms with Gasteiger partial charge in [-0.25, -0.2) is 9.97 Å². The Balaban J connectivity index is 2.25. The van der Waals surface area contributed by atoms with Crippen LogP contribution in [0.25, 0.3) is 11.0 Å². The topological polar surface area (TPSA) is 144 Å². The highest BCUT2D eigenvalue weighted by atomic mass is 16.6. The summed E-state index contributed by atoms with van der Waals surface area (Å²) >= 11 is 0. The van der Waals surface area contributed by atoms with Crippen molar-refractivity contribution in [2.45, 2.75) is 24.0 Å². The van der Waals surface area contributed by atoms with Crippen LogP contribution in [0, 0.1) is 12.3 Å². The third-order valence-electron chi connectivity index (χ3n) is 3.88. The lowest BCUT2D eigenvalue weighted by Crippen LogP contribution is -2.46. The number of anilines is 1. The molecule has 4 atom stereocenters. The second-order valence-electron chi connectivity index (χ2n) is 5.17. The quantitative estimate of drug-likeness (QED) is 0.465. The van der Waals surface area contributed by atoms with Gasteiger partial charge in [0.15, 0.2) is 22.9 Å². The molecule has 0 radical (unpaired) electrons. The number of aliphatic hydroxyl groups excluding tert-OH is 2. The van der Waals surface area contributed by atoms with Crippen LogP contribution in [0.3, 0.4) is 0 Å². The molecule has 1 saturated heterocycles. The summed E-state index contributed by atoms with van der Waals surface area (Å²) in [5, 5.41) is 30.0. The van der Waals surface area contributed by atoms with Gasteiger partial charge in [0.2, 0.25) is 0 Å². The number of ether oxygens (including phenoxy) is 1. The molecular formula is C14H14N4O5. The molecule has 120 valence electrons. The van der Waals surface area contributed by atoms with Crippen LogP contribution >= 0.6 is 0 Å². The highest BCUT2D eigenvalue weighted by Gasteiger charge is 2.55. The third-order valence-corrected chi connectivity index (χ3v) is 3.88. The van der Waals surface area contributed by atoms with Crippen molar-refractivity contribution in [1.82, 2.24) is 14.5 Å². The minimum absolute atomic E-state index is 0.0316. The molecule has 0 aromatic carbocycles. The van der Waals surface area contributed by atoms with E-state index in [9.17, 15) is 20.1 Å². The van der Waals surface area contributed by atoms with Crippen LogP contribution in [0.4, 0.5) is 5.82 Å². The zero-order chi connectivity index (χ0) is 16.8. The predicted octanol–water partition coefficient (Wildman–Crippen LogP) is -2.01. The Morgan fingerprint density at radius 1 is 1.52 bits per heavy atom. The van der Waals surface area contributed by atoms with Gasteiger partial charge in [0.25, 0.3) is 0 Å². The molecule has 3 heterocycles. The van der Waals surface area contributed by atoms with Crippen molar-refractivity contribution >= 4 is 16.9 Å². The van der Waals surface area contributed by atoms with Crippen molar-refractivity contribution in [1.29, 1.82) is 0 Å². The van der Waals surface area contributed by atoms with E-state index in [2.05, 4.69) is 15.9 Å². The Labute approximate surface area is 130 Å². The van der Waals surface area contributed by atoms with E-state index in [4.69, 9.17) is 16.9 Å². The van der Waals surface area contributed by atoms with E-state index in [1.165, 1.54) is 16.8 Å². The molecule has 1 aliphatic heterocycles. The van der Waals surface area contributed by atoms with E-state index in [1.54, 1.807) is 0 Å². The van der Waals surface area contributed by atoms with Crippen LogP contribution in [-0.2, 0) is 4.74 Å². The number of nitrogens with two attached hydrogens (primary N) is 1. The van der Waals surface area contributed by atoms with Gasteiger partial charge in [0.05, 0.1) is 6.61 Å². The maximum atomic E-state index is 12.0. The number of nitrogen functional groups attached to an aromatic ring is 1. The standard InChI is InChI=1S/C14H14N4O5/c1-2-14(22)10(21)8(5-19)23-13(14)18-4-3-7(20)9-11(15)16-6-17-12(9)18/h1,3-4,6,8,10,13,19,21-22H,5H2,(H2,15,16,17)/t8-,10-,13-,14-/m1/s1. The fraction of sp³-hybridized carbons (Fsp3) is 0.357. The molecule has 0 spiro atoms. The largest absolute Gasteiger partial charge is 0.394 e. The van der Waals surface area contributed by atoms with E-state index in [-0.39, 0.29) is 16.9 Å². The summed E-state index contributed by atoms with van der Waals surface area (Å²) in [6.45, 7) is -0.545. The van der Waals surface area contributed by atoms with Crippen LogP contribution in [0.2, 0.25) is 0 Å². The van der Waals surface area contributed by atoms with E-state index in [0.29, 0.717) is 0 Å². The van der Waals surface area contributed by atoms with Crippen molar-refractivity contribution in [2.75, 3.05) is 12.3 Å². The van der Waals surface area contributed by atoms with Crippen LogP contribution in [0.15, 0.2) is 23.4 Å². The monoisotopic (exact) mass is 318 g/mol. The number of terminal acetylenes is 1. The van der Waals surface area contributed by atoms with Gasteiger partial charge < -0.3 is 30.4 Å². The zero-order valence-electron chi connectivity index (χ0n) is 11.8. The first-order valence-corrected chi connectivity index (χ1v) is 6.70. The molecule has 1 aliphatic rings. The fourth-order valence-corrected chi connectivity index (χ4v) is 2.66. The lowest BCUT2D eigenvalue weighted by molar-refractivity contribution is -0.0721. The maximum absolute atomic E-state index is 12.0.